The third kappa shape index (κ3) is 4.65. The first kappa shape index (κ1) is 15.7. The summed E-state index contributed by atoms with van der Waals surface area (Å²) >= 11 is 1.03. The van der Waals surface area contributed by atoms with E-state index in [4.69, 9.17) is 5.11 Å². The van der Waals surface area contributed by atoms with E-state index in [1.165, 1.54) is 6.07 Å². The third-order valence-electron chi connectivity index (χ3n) is 2.73. The SMILES string of the molecule is CCN(CCCN(C)C)C(=O)c1ccc(C(=O)O)s1. The molecule has 1 heterocycles. The van der Waals surface area contributed by atoms with Crippen molar-refractivity contribution >= 4 is 23.2 Å². The lowest BCUT2D eigenvalue weighted by molar-refractivity contribution is 0.0701. The zero-order valence-corrected chi connectivity index (χ0v) is 12.4. The minimum atomic E-state index is -0.986. The van der Waals surface area contributed by atoms with Crippen molar-refractivity contribution in [2.24, 2.45) is 0 Å². The van der Waals surface area contributed by atoms with E-state index in [9.17, 15) is 9.59 Å². The molecule has 0 aliphatic heterocycles. The summed E-state index contributed by atoms with van der Waals surface area (Å²) in [4.78, 5) is 27.5. The molecule has 19 heavy (non-hydrogen) atoms. The van der Waals surface area contributed by atoms with Crippen molar-refractivity contribution in [2.75, 3.05) is 33.7 Å². The summed E-state index contributed by atoms with van der Waals surface area (Å²) in [5, 5.41) is 8.86. The Hall–Kier alpha value is -1.40. The van der Waals surface area contributed by atoms with E-state index in [0.29, 0.717) is 18.0 Å². The molecule has 0 saturated heterocycles. The zero-order chi connectivity index (χ0) is 14.4. The number of carbonyl (C=O) groups excluding carboxylic acids is 1. The van der Waals surface area contributed by atoms with Crippen LogP contribution in [0.3, 0.4) is 0 Å². The summed E-state index contributed by atoms with van der Waals surface area (Å²) in [7, 11) is 3.99. The predicted molar refractivity (Wildman–Crippen MR) is 76.0 cm³/mol. The normalized spacial score (nSPS) is 10.7. The molecule has 0 radical (unpaired) electrons. The van der Waals surface area contributed by atoms with Gasteiger partial charge in [-0.2, -0.15) is 0 Å². The molecule has 0 aliphatic rings. The summed E-state index contributed by atoms with van der Waals surface area (Å²) in [6, 6.07) is 3.07. The fourth-order valence-electron chi connectivity index (χ4n) is 1.70. The van der Waals surface area contributed by atoms with Gasteiger partial charge in [-0.15, -0.1) is 11.3 Å². The Morgan fingerprint density at radius 1 is 1.21 bits per heavy atom. The van der Waals surface area contributed by atoms with Gasteiger partial charge in [0.2, 0.25) is 0 Å². The van der Waals surface area contributed by atoms with Gasteiger partial charge in [0.15, 0.2) is 0 Å². The van der Waals surface area contributed by atoms with Crippen LogP contribution in [0.2, 0.25) is 0 Å². The van der Waals surface area contributed by atoms with Gasteiger partial charge < -0.3 is 14.9 Å². The number of amides is 1. The maximum absolute atomic E-state index is 12.2. The quantitative estimate of drug-likeness (QED) is 0.830. The highest BCUT2D eigenvalue weighted by molar-refractivity contribution is 7.15. The van der Waals surface area contributed by atoms with Crippen molar-refractivity contribution in [1.82, 2.24) is 9.80 Å². The lowest BCUT2D eigenvalue weighted by Gasteiger charge is -2.21. The highest BCUT2D eigenvalue weighted by Crippen LogP contribution is 2.18. The molecular weight excluding hydrogens is 264 g/mol. The highest BCUT2D eigenvalue weighted by Gasteiger charge is 2.17. The molecule has 0 bridgehead atoms. The predicted octanol–water partition coefficient (Wildman–Crippen LogP) is 1.86. The van der Waals surface area contributed by atoms with Crippen molar-refractivity contribution in [2.45, 2.75) is 13.3 Å². The molecule has 0 aliphatic carbocycles. The van der Waals surface area contributed by atoms with Crippen LogP contribution in [-0.4, -0.2) is 60.5 Å². The molecule has 1 N–H and O–H groups in total. The van der Waals surface area contributed by atoms with E-state index in [-0.39, 0.29) is 10.8 Å². The Morgan fingerprint density at radius 3 is 2.32 bits per heavy atom. The van der Waals surface area contributed by atoms with Gasteiger partial charge in [-0.1, -0.05) is 0 Å². The van der Waals surface area contributed by atoms with Crippen LogP contribution in [-0.2, 0) is 0 Å². The van der Waals surface area contributed by atoms with Gasteiger partial charge in [-0.25, -0.2) is 4.79 Å². The average Bonchev–Trinajstić information content (AvgIpc) is 2.83. The summed E-state index contributed by atoms with van der Waals surface area (Å²) in [5.41, 5.74) is 0. The highest BCUT2D eigenvalue weighted by atomic mass is 32.1. The Labute approximate surface area is 117 Å². The molecule has 1 amide bonds. The first-order chi connectivity index (χ1) is 8.95. The standard InChI is InChI=1S/C13H20N2O3S/c1-4-15(9-5-8-14(2)3)12(16)10-6-7-11(19-10)13(17)18/h6-7H,4-5,8-9H2,1-3H3,(H,17,18). The second kappa shape index (κ2) is 7.25. The zero-order valence-electron chi connectivity index (χ0n) is 11.5. The van der Waals surface area contributed by atoms with Crippen molar-refractivity contribution in [3.05, 3.63) is 21.9 Å². The maximum Gasteiger partial charge on any atom is 0.345 e. The molecule has 1 rings (SSSR count). The van der Waals surface area contributed by atoms with Crippen LogP contribution in [0.4, 0.5) is 0 Å². The molecule has 5 nitrogen and oxygen atoms in total. The van der Waals surface area contributed by atoms with Crippen LogP contribution in [0.1, 0.15) is 32.7 Å². The monoisotopic (exact) mass is 284 g/mol. The van der Waals surface area contributed by atoms with Crippen LogP contribution >= 0.6 is 11.3 Å². The smallest absolute Gasteiger partial charge is 0.345 e. The first-order valence-corrected chi connectivity index (χ1v) is 7.04. The molecule has 6 heteroatoms. The van der Waals surface area contributed by atoms with Gasteiger partial charge in [0, 0.05) is 13.1 Å². The Balaban J connectivity index is 2.64. The van der Waals surface area contributed by atoms with Crippen molar-refractivity contribution in [1.29, 1.82) is 0 Å². The molecule has 0 unspecified atom stereocenters. The summed E-state index contributed by atoms with van der Waals surface area (Å²) in [6.07, 6.45) is 0.906. The lowest BCUT2D eigenvalue weighted by Crippen LogP contribution is -2.32. The van der Waals surface area contributed by atoms with E-state index in [2.05, 4.69) is 4.90 Å². The average molecular weight is 284 g/mol. The number of hydrogen-bond donors (Lipinski definition) is 1. The molecular formula is C13H20N2O3S. The van der Waals surface area contributed by atoms with Crippen LogP contribution in [0, 0.1) is 0 Å². The number of carboxylic acids is 1. The lowest BCUT2D eigenvalue weighted by atomic mass is 10.3. The molecule has 0 fully saturated rings. The third-order valence-corrected chi connectivity index (χ3v) is 3.79. The molecule has 0 atom stereocenters. The van der Waals surface area contributed by atoms with Crippen molar-refractivity contribution in [3.63, 3.8) is 0 Å². The summed E-state index contributed by atoms with van der Waals surface area (Å²) in [5.74, 6) is -1.07. The molecule has 1 aromatic rings. The number of thiophene rings is 1. The van der Waals surface area contributed by atoms with E-state index < -0.39 is 5.97 Å². The van der Waals surface area contributed by atoms with E-state index in [0.717, 1.165) is 24.3 Å². The van der Waals surface area contributed by atoms with Crippen molar-refractivity contribution < 1.29 is 14.7 Å². The van der Waals surface area contributed by atoms with Crippen LogP contribution in [0.15, 0.2) is 12.1 Å². The van der Waals surface area contributed by atoms with Crippen LogP contribution in [0.25, 0.3) is 0 Å². The van der Waals surface area contributed by atoms with Crippen LogP contribution < -0.4 is 0 Å². The minimum absolute atomic E-state index is 0.0845. The number of aromatic carboxylic acids is 1. The number of carbonyl (C=O) groups is 2. The van der Waals surface area contributed by atoms with Gasteiger partial charge in [-0.05, 0) is 46.1 Å². The fraction of sp³-hybridized carbons (Fsp3) is 0.538. The number of carboxylic acid groups (broad SMARTS) is 1. The Bertz CT molecular complexity index is 443. The second-order valence-corrected chi connectivity index (χ2v) is 5.59. The van der Waals surface area contributed by atoms with Crippen LogP contribution in [0.5, 0.6) is 0 Å². The largest absolute Gasteiger partial charge is 0.477 e. The Morgan fingerprint density at radius 2 is 1.84 bits per heavy atom. The topological polar surface area (TPSA) is 60.9 Å². The van der Waals surface area contributed by atoms with E-state index in [1.807, 2.05) is 21.0 Å². The van der Waals surface area contributed by atoms with Gasteiger partial charge in [0.05, 0.1) is 4.88 Å². The maximum atomic E-state index is 12.2. The number of rotatable bonds is 7. The van der Waals surface area contributed by atoms with Gasteiger partial charge >= 0.3 is 5.97 Å². The number of hydrogen-bond acceptors (Lipinski definition) is 4. The summed E-state index contributed by atoms with van der Waals surface area (Å²) < 4.78 is 0. The molecule has 1 aromatic heterocycles. The molecule has 106 valence electrons. The van der Waals surface area contributed by atoms with E-state index >= 15 is 0 Å². The van der Waals surface area contributed by atoms with Gasteiger partial charge in [0.1, 0.15) is 4.88 Å². The van der Waals surface area contributed by atoms with Crippen molar-refractivity contribution in [3.8, 4) is 0 Å². The Kier molecular flexibility index (Phi) is 5.98. The minimum Gasteiger partial charge on any atom is -0.477 e. The summed E-state index contributed by atoms with van der Waals surface area (Å²) in [6.45, 7) is 4.17. The number of nitrogens with zero attached hydrogens (tertiary/aromatic N) is 2. The fourth-order valence-corrected chi connectivity index (χ4v) is 2.52. The molecule has 0 saturated carbocycles. The first-order valence-electron chi connectivity index (χ1n) is 6.22. The van der Waals surface area contributed by atoms with E-state index in [1.54, 1.807) is 11.0 Å². The second-order valence-electron chi connectivity index (χ2n) is 4.51. The van der Waals surface area contributed by atoms with Gasteiger partial charge in [0.25, 0.3) is 5.91 Å². The molecule has 0 spiro atoms. The molecule has 0 aromatic carbocycles. The van der Waals surface area contributed by atoms with Gasteiger partial charge in [-0.3, -0.25) is 4.79 Å².